The van der Waals surface area contributed by atoms with Crippen molar-refractivity contribution in [3.05, 3.63) is 36.5 Å². The van der Waals surface area contributed by atoms with Crippen LogP contribution in [0.3, 0.4) is 0 Å². The van der Waals surface area contributed by atoms with E-state index in [1.807, 2.05) is 35.0 Å². The van der Waals surface area contributed by atoms with Gasteiger partial charge in [-0.1, -0.05) is 43.2 Å². The zero-order chi connectivity index (χ0) is 19.9. The summed E-state index contributed by atoms with van der Waals surface area (Å²) in [6.45, 7) is 1.95. The first kappa shape index (κ1) is 19.2. The summed E-state index contributed by atoms with van der Waals surface area (Å²) in [4.78, 5) is 0.305. The molecule has 3 aliphatic rings. The predicted octanol–water partition coefficient (Wildman–Crippen LogP) is 3.19. The van der Waals surface area contributed by atoms with E-state index in [4.69, 9.17) is 14.6 Å². The molecular formula is C21H27N3O4S. The Labute approximate surface area is 171 Å². The van der Waals surface area contributed by atoms with Crippen LogP contribution in [-0.2, 0) is 19.5 Å². The minimum atomic E-state index is -3.66. The average Bonchev–Trinajstić information content (AvgIpc) is 3.50. The molecular weight excluding hydrogens is 390 g/mol. The van der Waals surface area contributed by atoms with Crippen molar-refractivity contribution in [2.75, 3.05) is 26.3 Å². The maximum Gasteiger partial charge on any atom is 0.246 e. The lowest BCUT2D eigenvalue weighted by molar-refractivity contribution is -0.179. The Morgan fingerprint density at radius 3 is 2.31 bits per heavy atom. The Balaban J connectivity index is 1.48. The van der Waals surface area contributed by atoms with Crippen molar-refractivity contribution in [2.24, 2.45) is 0 Å². The molecule has 0 unspecified atom stereocenters. The Hall–Kier alpha value is -1.74. The monoisotopic (exact) mass is 417 g/mol. The molecule has 29 heavy (non-hydrogen) atoms. The van der Waals surface area contributed by atoms with Crippen LogP contribution in [0.25, 0.3) is 11.3 Å². The summed E-state index contributed by atoms with van der Waals surface area (Å²) in [5, 5.41) is 4.76. The van der Waals surface area contributed by atoms with Gasteiger partial charge in [0.05, 0.1) is 19.3 Å². The second-order valence-electron chi connectivity index (χ2n) is 8.14. The van der Waals surface area contributed by atoms with E-state index in [2.05, 4.69) is 0 Å². The third kappa shape index (κ3) is 3.52. The molecule has 8 heteroatoms. The zero-order valence-electron chi connectivity index (χ0n) is 16.5. The van der Waals surface area contributed by atoms with Crippen LogP contribution in [0.1, 0.15) is 44.6 Å². The van der Waals surface area contributed by atoms with Crippen LogP contribution >= 0.6 is 0 Å². The Bertz CT molecular complexity index is 951. The fourth-order valence-electron chi connectivity index (χ4n) is 4.71. The van der Waals surface area contributed by atoms with Crippen molar-refractivity contribution in [1.82, 2.24) is 14.1 Å². The quantitative estimate of drug-likeness (QED) is 0.764. The largest absolute Gasteiger partial charge is 0.347 e. The highest BCUT2D eigenvalue weighted by atomic mass is 32.2. The molecule has 7 nitrogen and oxygen atoms in total. The maximum atomic E-state index is 13.6. The summed E-state index contributed by atoms with van der Waals surface area (Å²) in [5.74, 6) is -0.595. The summed E-state index contributed by atoms with van der Waals surface area (Å²) in [6, 6.07) is 9.89. The third-order valence-electron chi connectivity index (χ3n) is 6.36. The van der Waals surface area contributed by atoms with Crippen LogP contribution < -0.4 is 0 Å². The van der Waals surface area contributed by atoms with Crippen LogP contribution in [0.2, 0.25) is 0 Å². The first-order valence-corrected chi connectivity index (χ1v) is 11.9. The molecule has 0 amide bonds. The summed E-state index contributed by atoms with van der Waals surface area (Å²) < 4.78 is 42.2. The molecule has 2 aromatic rings. The summed E-state index contributed by atoms with van der Waals surface area (Å²) >= 11 is 0. The van der Waals surface area contributed by atoms with Crippen molar-refractivity contribution in [1.29, 1.82) is 0 Å². The molecule has 0 N–H and O–H groups in total. The number of nitrogens with zero attached hydrogens (tertiary/aromatic N) is 3. The van der Waals surface area contributed by atoms with Crippen LogP contribution in [0, 0.1) is 0 Å². The van der Waals surface area contributed by atoms with E-state index >= 15 is 0 Å². The van der Waals surface area contributed by atoms with Gasteiger partial charge in [0.1, 0.15) is 10.6 Å². The predicted molar refractivity (Wildman–Crippen MR) is 108 cm³/mol. The molecule has 0 atom stereocenters. The standard InChI is InChI=1S/C21H27N3O4S/c25-29(26,23-12-10-21(11-13-23)27-14-15-28-21)19-16-24(18-8-4-5-9-18)22-20(19)17-6-2-1-3-7-17/h1-3,6-7,16,18H,4-5,8-15H2. The highest BCUT2D eigenvalue weighted by molar-refractivity contribution is 7.89. The van der Waals surface area contributed by atoms with E-state index in [9.17, 15) is 8.42 Å². The van der Waals surface area contributed by atoms with Gasteiger partial charge in [0.25, 0.3) is 0 Å². The summed E-state index contributed by atoms with van der Waals surface area (Å²) in [7, 11) is -3.66. The molecule has 3 heterocycles. The van der Waals surface area contributed by atoms with E-state index in [1.54, 1.807) is 10.5 Å². The van der Waals surface area contributed by atoms with E-state index in [0.29, 0.717) is 49.7 Å². The van der Waals surface area contributed by atoms with Gasteiger partial charge in [-0.25, -0.2) is 8.42 Å². The van der Waals surface area contributed by atoms with Gasteiger partial charge in [-0.3, -0.25) is 4.68 Å². The number of hydrogen-bond donors (Lipinski definition) is 0. The Kier molecular flexibility index (Phi) is 4.98. The molecule has 2 saturated heterocycles. The number of aromatic nitrogens is 2. The summed E-state index contributed by atoms with van der Waals surface area (Å²) in [6.07, 6.45) is 7.31. The van der Waals surface area contributed by atoms with E-state index in [0.717, 1.165) is 18.4 Å². The third-order valence-corrected chi connectivity index (χ3v) is 8.26. The van der Waals surface area contributed by atoms with Gasteiger partial charge in [-0.05, 0) is 12.8 Å². The number of ether oxygens (including phenoxy) is 2. The lowest BCUT2D eigenvalue weighted by Gasteiger charge is -2.36. The SMILES string of the molecule is O=S(=O)(c1cn(C2CCCC2)nc1-c1ccccc1)N1CCC2(CC1)OCCO2. The summed E-state index contributed by atoms with van der Waals surface area (Å²) in [5.41, 5.74) is 1.38. The van der Waals surface area contributed by atoms with Gasteiger partial charge in [0, 0.05) is 37.7 Å². The average molecular weight is 418 g/mol. The van der Waals surface area contributed by atoms with Crippen molar-refractivity contribution >= 4 is 10.0 Å². The van der Waals surface area contributed by atoms with Gasteiger partial charge in [0.2, 0.25) is 10.0 Å². The highest BCUT2D eigenvalue weighted by Crippen LogP contribution is 2.37. The zero-order valence-corrected chi connectivity index (χ0v) is 17.3. The molecule has 0 radical (unpaired) electrons. The normalized spacial score (nSPS) is 23.2. The maximum absolute atomic E-state index is 13.6. The number of piperidine rings is 1. The van der Waals surface area contributed by atoms with Crippen molar-refractivity contribution < 1.29 is 17.9 Å². The number of sulfonamides is 1. The van der Waals surface area contributed by atoms with Gasteiger partial charge in [-0.2, -0.15) is 9.40 Å². The Morgan fingerprint density at radius 1 is 1.00 bits per heavy atom. The second kappa shape index (κ2) is 7.50. The molecule has 1 aliphatic carbocycles. The smallest absolute Gasteiger partial charge is 0.246 e. The fraction of sp³-hybridized carbons (Fsp3) is 0.571. The molecule has 0 bridgehead atoms. The van der Waals surface area contributed by atoms with Gasteiger partial charge in [0.15, 0.2) is 5.79 Å². The molecule has 1 aromatic carbocycles. The van der Waals surface area contributed by atoms with Crippen LogP contribution in [0.4, 0.5) is 0 Å². The first-order chi connectivity index (χ1) is 14.1. The minimum absolute atomic E-state index is 0.284. The Morgan fingerprint density at radius 2 is 1.66 bits per heavy atom. The molecule has 156 valence electrons. The van der Waals surface area contributed by atoms with Crippen LogP contribution in [0.15, 0.2) is 41.4 Å². The lowest BCUT2D eigenvalue weighted by atomic mass is 10.1. The first-order valence-electron chi connectivity index (χ1n) is 10.5. The topological polar surface area (TPSA) is 73.7 Å². The fourth-order valence-corrected chi connectivity index (χ4v) is 6.29. The number of rotatable bonds is 4. The van der Waals surface area contributed by atoms with Crippen molar-refractivity contribution in [3.8, 4) is 11.3 Å². The number of hydrogen-bond acceptors (Lipinski definition) is 5. The molecule has 1 aromatic heterocycles. The van der Waals surface area contributed by atoms with Crippen molar-refractivity contribution in [3.63, 3.8) is 0 Å². The van der Waals surface area contributed by atoms with Gasteiger partial charge in [-0.15, -0.1) is 0 Å². The van der Waals surface area contributed by atoms with E-state index < -0.39 is 15.8 Å². The molecule has 2 aliphatic heterocycles. The van der Waals surface area contributed by atoms with Crippen LogP contribution in [-0.4, -0.2) is 54.6 Å². The van der Waals surface area contributed by atoms with Crippen molar-refractivity contribution in [2.45, 2.75) is 55.2 Å². The van der Waals surface area contributed by atoms with Gasteiger partial charge < -0.3 is 9.47 Å². The molecule has 5 rings (SSSR count). The molecule has 3 fully saturated rings. The molecule has 1 saturated carbocycles. The lowest BCUT2D eigenvalue weighted by Crippen LogP contribution is -2.47. The van der Waals surface area contributed by atoms with Gasteiger partial charge >= 0.3 is 0 Å². The minimum Gasteiger partial charge on any atom is -0.347 e. The molecule has 1 spiro atoms. The van der Waals surface area contributed by atoms with E-state index in [1.165, 1.54) is 12.8 Å². The van der Waals surface area contributed by atoms with Crippen LogP contribution in [0.5, 0.6) is 0 Å². The second-order valence-corrected chi connectivity index (χ2v) is 10.0. The van der Waals surface area contributed by atoms with E-state index in [-0.39, 0.29) is 6.04 Å². The number of benzene rings is 1. The highest BCUT2D eigenvalue weighted by Gasteiger charge is 2.43.